The molecule has 0 radical (unpaired) electrons. The second-order valence-corrected chi connectivity index (χ2v) is 5.81. The van der Waals surface area contributed by atoms with Crippen LogP contribution in [0.25, 0.3) is 10.9 Å². The van der Waals surface area contributed by atoms with Gasteiger partial charge in [-0.05, 0) is 30.7 Å². The third-order valence-electron chi connectivity index (χ3n) is 3.40. The minimum Gasteiger partial charge on any atom is -0.360 e. The van der Waals surface area contributed by atoms with Crippen LogP contribution in [0.1, 0.15) is 22.8 Å². The summed E-state index contributed by atoms with van der Waals surface area (Å²) < 4.78 is 0.975. The van der Waals surface area contributed by atoms with Gasteiger partial charge in [-0.15, -0.1) is 0 Å². The van der Waals surface area contributed by atoms with E-state index in [1.807, 2.05) is 55.5 Å². The molecule has 0 fully saturated rings. The molecule has 22 heavy (non-hydrogen) atoms. The molecule has 4 nitrogen and oxygen atoms in total. The maximum atomic E-state index is 12.3. The van der Waals surface area contributed by atoms with Crippen molar-refractivity contribution in [2.45, 2.75) is 6.92 Å². The fourth-order valence-corrected chi connectivity index (χ4v) is 2.63. The molecule has 0 saturated carbocycles. The van der Waals surface area contributed by atoms with Gasteiger partial charge in [0.05, 0.1) is 11.3 Å². The van der Waals surface area contributed by atoms with E-state index in [2.05, 4.69) is 31.4 Å². The number of carbonyl (C=O) groups excluding carboxylic acids is 1. The highest BCUT2D eigenvalue weighted by Crippen LogP contribution is 2.17. The third-order valence-corrected chi connectivity index (χ3v) is 3.89. The summed E-state index contributed by atoms with van der Waals surface area (Å²) in [6.45, 7) is 1.86. The van der Waals surface area contributed by atoms with Crippen LogP contribution in [0.15, 0.2) is 64.3 Å². The van der Waals surface area contributed by atoms with Crippen LogP contribution in [0.4, 0.5) is 0 Å². The zero-order valence-corrected chi connectivity index (χ0v) is 13.5. The average Bonchev–Trinajstić information content (AvgIpc) is 2.96. The second-order valence-electron chi connectivity index (χ2n) is 4.90. The van der Waals surface area contributed by atoms with Crippen LogP contribution in [-0.2, 0) is 0 Å². The van der Waals surface area contributed by atoms with Crippen LogP contribution in [-0.4, -0.2) is 16.6 Å². The van der Waals surface area contributed by atoms with Crippen molar-refractivity contribution in [1.82, 2.24) is 10.4 Å². The van der Waals surface area contributed by atoms with Gasteiger partial charge in [-0.25, -0.2) is 5.43 Å². The number of H-pyrrole nitrogens is 1. The molecule has 2 aromatic carbocycles. The first-order valence-electron chi connectivity index (χ1n) is 6.82. The van der Waals surface area contributed by atoms with Crippen molar-refractivity contribution < 1.29 is 4.79 Å². The number of aromatic amines is 1. The number of hydrogen-bond donors (Lipinski definition) is 2. The van der Waals surface area contributed by atoms with Gasteiger partial charge in [-0.2, -0.15) is 5.10 Å². The van der Waals surface area contributed by atoms with Gasteiger partial charge in [0.1, 0.15) is 0 Å². The Morgan fingerprint density at radius 3 is 2.82 bits per heavy atom. The molecule has 0 saturated heterocycles. The molecule has 0 atom stereocenters. The zero-order valence-electron chi connectivity index (χ0n) is 11.9. The number of para-hydroxylation sites is 1. The van der Waals surface area contributed by atoms with Gasteiger partial charge in [0.25, 0.3) is 5.91 Å². The highest BCUT2D eigenvalue weighted by Gasteiger charge is 2.11. The molecule has 0 bridgehead atoms. The molecule has 1 amide bonds. The Labute approximate surface area is 136 Å². The topological polar surface area (TPSA) is 57.2 Å². The minimum absolute atomic E-state index is 0.230. The van der Waals surface area contributed by atoms with Crippen molar-refractivity contribution >= 4 is 38.5 Å². The Kier molecular flexibility index (Phi) is 4.06. The number of benzene rings is 2. The van der Waals surface area contributed by atoms with Crippen molar-refractivity contribution in [3.8, 4) is 0 Å². The summed E-state index contributed by atoms with van der Waals surface area (Å²) in [5.41, 5.74) is 5.82. The summed E-state index contributed by atoms with van der Waals surface area (Å²) in [6.07, 6.45) is 1.70. The van der Waals surface area contributed by atoms with Gasteiger partial charge in [0.15, 0.2) is 0 Å². The number of nitrogens with zero attached hydrogens (tertiary/aromatic N) is 1. The van der Waals surface area contributed by atoms with E-state index in [-0.39, 0.29) is 5.91 Å². The second kappa shape index (κ2) is 6.15. The van der Waals surface area contributed by atoms with Gasteiger partial charge < -0.3 is 4.98 Å². The lowest BCUT2D eigenvalue weighted by Crippen LogP contribution is -2.19. The molecule has 1 heterocycles. The van der Waals surface area contributed by atoms with E-state index in [4.69, 9.17) is 0 Å². The smallest absolute Gasteiger partial charge is 0.273 e. The standard InChI is InChI=1S/C17H14BrN3O/c1-11(12-5-4-6-13(18)9-12)20-21-17(22)15-10-19-16-8-3-2-7-14(15)16/h2-10,19H,1H3,(H,21,22). The first-order chi connectivity index (χ1) is 10.6. The van der Waals surface area contributed by atoms with Crippen LogP contribution in [0.5, 0.6) is 0 Å². The van der Waals surface area contributed by atoms with Gasteiger partial charge in [0, 0.05) is 21.6 Å². The predicted octanol–water partition coefficient (Wildman–Crippen LogP) is 4.08. The average molecular weight is 356 g/mol. The number of carbonyl (C=O) groups is 1. The van der Waals surface area contributed by atoms with E-state index in [1.165, 1.54) is 0 Å². The van der Waals surface area contributed by atoms with E-state index < -0.39 is 0 Å². The molecule has 0 aliphatic rings. The predicted molar refractivity (Wildman–Crippen MR) is 92.1 cm³/mol. The lowest BCUT2D eigenvalue weighted by Gasteiger charge is -2.03. The monoisotopic (exact) mass is 355 g/mol. The lowest BCUT2D eigenvalue weighted by molar-refractivity contribution is 0.0956. The summed E-state index contributed by atoms with van der Waals surface area (Å²) in [6, 6.07) is 15.5. The number of halogens is 1. The van der Waals surface area contributed by atoms with Gasteiger partial charge in [-0.3, -0.25) is 4.79 Å². The van der Waals surface area contributed by atoms with Gasteiger partial charge >= 0.3 is 0 Å². The number of nitrogens with one attached hydrogen (secondary N) is 2. The quantitative estimate of drug-likeness (QED) is 0.539. The van der Waals surface area contributed by atoms with E-state index in [0.717, 1.165) is 26.7 Å². The Morgan fingerprint density at radius 1 is 1.18 bits per heavy atom. The third kappa shape index (κ3) is 2.94. The van der Waals surface area contributed by atoms with Crippen LogP contribution in [0.3, 0.4) is 0 Å². The molecule has 1 aromatic heterocycles. The highest BCUT2D eigenvalue weighted by molar-refractivity contribution is 9.10. The summed E-state index contributed by atoms with van der Waals surface area (Å²) in [7, 11) is 0. The Morgan fingerprint density at radius 2 is 2.00 bits per heavy atom. The fourth-order valence-electron chi connectivity index (χ4n) is 2.23. The van der Waals surface area contributed by atoms with E-state index >= 15 is 0 Å². The minimum atomic E-state index is -0.230. The van der Waals surface area contributed by atoms with Crippen molar-refractivity contribution in [3.05, 3.63) is 70.3 Å². The van der Waals surface area contributed by atoms with E-state index in [1.54, 1.807) is 6.20 Å². The van der Waals surface area contributed by atoms with Crippen LogP contribution in [0.2, 0.25) is 0 Å². The maximum absolute atomic E-state index is 12.3. The number of amides is 1. The van der Waals surface area contributed by atoms with E-state index in [0.29, 0.717) is 5.56 Å². The fraction of sp³-hybridized carbons (Fsp3) is 0.0588. The largest absolute Gasteiger partial charge is 0.360 e. The van der Waals surface area contributed by atoms with Gasteiger partial charge in [0.2, 0.25) is 0 Å². The maximum Gasteiger partial charge on any atom is 0.273 e. The summed E-state index contributed by atoms with van der Waals surface area (Å²) >= 11 is 3.42. The summed E-state index contributed by atoms with van der Waals surface area (Å²) in [5, 5.41) is 5.07. The van der Waals surface area contributed by atoms with Crippen molar-refractivity contribution in [3.63, 3.8) is 0 Å². The number of hydrazone groups is 1. The normalized spacial score (nSPS) is 11.6. The first-order valence-corrected chi connectivity index (χ1v) is 7.61. The molecule has 5 heteroatoms. The number of fused-ring (bicyclic) bond motifs is 1. The van der Waals surface area contributed by atoms with Crippen molar-refractivity contribution in [2.75, 3.05) is 0 Å². The van der Waals surface area contributed by atoms with Crippen molar-refractivity contribution in [1.29, 1.82) is 0 Å². The zero-order chi connectivity index (χ0) is 15.5. The van der Waals surface area contributed by atoms with E-state index in [9.17, 15) is 4.79 Å². The molecule has 0 aliphatic carbocycles. The molecule has 110 valence electrons. The molecule has 3 rings (SSSR count). The number of hydrogen-bond acceptors (Lipinski definition) is 2. The van der Waals surface area contributed by atoms with Crippen LogP contribution < -0.4 is 5.43 Å². The first kappa shape index (κ1) is 14.5. The lowest BCUT2D eigenvalue weighted by atomic mass is 10.1. The highest BCUT2D eigenvalue weighted by atomic mass is 79.9. The number of rotatable bonds is 3. The summed E-state index contributed by atoms with van der Waals surface area (Å²) in [5.74, 6) is -0.230. The molecule has 0 unspecified atom stereocenters. The molecular formula is C17H14BrN3O. The van der Waals surface area contributed by atoms with Crippen LogP contribution >= 0.6 is 15.9 Å². The summed E-state index contributed by atoms with van der Waals surface area (Å²) in [4.78, 5) is 15.4. The van der Waals surface area contributed by atoms with Crippen LogP contribution in [0, 0.1) is 0 Å². The number of aromatic nitrogens is 1. The van der Waals surface area contributed by atoms with Gasteiger partial charge in [-0.1, -0.05) is 46.3 Å². The molecule has 0 spiro atoms. The molecule has 2 N–H and O–H groups in total. The Balaban J connectivity index is 1.81. The molecule has 0 aliphatic heterocycles. The molecule has 3 aromatic rings. The SMILES string of the molecule is CC(=NNC(=O)c1c[nH]c2ccccc12)c1cccc(Br)c1. The van der Waals surface area contributed by atoms with Crippen molar-refractivity contribution in [2.24, 2.45) is 5.10 Å². The Hall–Kier alpha value is -2.40. The molecular weight excluding hydrogens is 342 g/mol. The Bertz CT molecular complexity index is 867.